The Balaban J connectivity index is 1.30. The fourth-order valence-corrected chi connectivity index (χ4v) is 4.06. The lowest BCUT2D eigenvalue weighted by atomic mass is 10.1. The Labute approximate surface area is 208 Å². The first-order valence-electron chi connectivity index (χ1n) is 11.8. The van der Waals surface area contributed by atoms with Crippen LogP contribution in [-0.2, 0) is 0 Å². The number of alkyl halides is 1. The molecule has 8 nitrogen and oxygen atoms in total. The number of nitrogens with zero attached hydrogens (tertiary/aromatic N) is 5. The molecule has 182 valence electrons. The van der Waals surface area contributed by atoms with Crippen molar-refractivity contribution in [3.8, 4) is 11.3 Å². The molecule has 0 spiro atoms. The molecule has 0 bridgehead atoms. The smallest absolute Gasteiger partial charge is 0.255 e. The predicted molar refractivity (Wildman–Crippen MR) is 138 cm³/mol. The highest BCUT2D eigenvalue weighted by Gasteiger charge is 2.20. The van der Waals surface area contributed by atoms with Gasteiger partial charge in [0.1, 0.15) is 12.0 Å². The molecule has 9 heteroatoms. The minimum absolute atomic E-state index is 0.247. The third kappa shape index (κ3) is 5.46. The molecule has 0 atom stereocenters. The van der Waals surface area contributed by atoms with Crippen molar-refractivity contribution in [1.29, 1.82) is 0 Å². The summed E-state index contributed by atoms with van der Waals surface area (Å²) in [6.07, 6.45) is 6.96. The molecule has 0 unspecified atom stereocenters. The largest absolute Gasteiger partial charge is 0.356 e. The number of piperidine rings is 1. The number of aromatic nitrogens is 4. The second kappa shape index (κ2) is 10.5. The van der Waals surface area contributed by atoms with Crippen LogP contribution in [0.2, 0.25) is 0 Å². The highest BCUT2D eigenvalue weighted by molar-refractivity contribution is 6.05. The summed E-state index contributed by atoms with van der Waals surface area (Å²) in [6, 6.07) is 14.7. The van der Waals surface area contributed by atoms with E-state index >= 15 is 0 Å². The van der Waals surface area contributed by atoms with Crippen molar-refractivity contribution in [1.82, 2.24) is 19.9 Å². The number of aryl methyl sites for hydroxylation is 1. The zero-order valence-electron chi connectivity index (χ0n) is 19.9. The Morgan fingerprint density at radius 2 is 1.86 bits per heavy atom. The molecule has 36 heavy (non-hydrogen) atoms. The van der Waals surface area contributed by atoms with E-state index in [0.717, 1.165) is 22.5 Å². The van der Waals surface area contributed by atoms with Crippen LogP contribution in [0.15, 0.2) is 73.3 Å². The number of anilines is 4. The van der Waals surface area contributed by atoms with Gasteiger partial charge >= 0.3 is 0 Å². The maximum Gasteiger partial charge on any atom is 0.255 e. The molecular formula is C27H26FN7O. The minimum atomic E-state index is -0.764. The van der Waals surface area contributed by atoms with E-state index < -0.39 is 6.17 Å². The van der Waals surface area contributed by atoms with E-state index in [1.807, 2.05) is 48.2 Å². The summed E-state index contributed by atoms with van der Waals surface area (Å²) in [5.41, 5.74) is 4.53. The summed E-state index contributed by atoms with van der Waals surface area (Å²) in [4.78, 5) is 32.4. The highest BCUT2D eigenvalue weighted by atomic mass is 19.1. The van der Waals surface area contributed by atoms with Crippen molar-refractivity contribution in [2.24, 2.45) is 0 Å². The van der Waals surface area contributed by atoms with Gasteiger partial charge in [0.25, 0.3) is 5.91 Å². The van der Waals surface area contributed by atoms with E-state index in [1.165, 1.54) is 0 Å². The van der Waals surface area contributed by atoms with Gasteiger partial charge in [0.05, 0.1) is 5.69 Å². The Morgan fingerprint density at radius 3 is 2.67 bits per heavy atom. The van der Waals surface area contributed by atoms with Crippen LogP contribution in [0.5, 0.6) is 0 Å². The maximum absolute atomic E-state index is 13.5. The molecular weight excluding hydrogens is 457 g/mol. The van der Waals surface area contributed by atoms with E-state index in [-0.39, 0.29) is 5.91 Å². The van der Waals surface area contributed by atoms with Gasteiger partial charge in [0.15, 0.2) is 0 Å². The number of nitrogens with one attached hydrogen (secondary N) is 2. The lowest BCUT2D eigenvalue weighted by molar-refractivity contribution is 0.102. The Morgan fingerprint density at radius 1 is 1.03 bits per heavy atom. The lowest BCUT2D eigenvalue weighted by Crippen LogP contribution is -2.35. The molecule has 0 radical (unpaired) electrons. The Hall–Kier alpha value is -4.40. The van der Waals surface area contributed by atoms with Gasteiger partial charge in [-0.1, -0.05) is 6.07 Å². The Kier molecular flexibility index (Phi) is 6.79. The highest BCUT2D eigenvalue weighted by Crippen LogP contribution is 2.25. The number of rotatable bonds is 6. The maximum atomic E-state index is 13.5. The summed E-state index contributed by atoms with van der Waals surface area (Å²) < 4.78 is 13.5. The normalized spacial score (nSPS) is 13.9. The number of pyridine rings is 2. The second-order valence-electron chi connectivity index (χ2n) is 8.68. The molecule has 0 saturated carbocycles. The first kappa shape index (κ1) is 23.3. The van der Waals surface area contributed by atoms with Crippen LogP contribution in [0.1, 0.15) is 28.8 Å². The SMILES string of the molecule is Cc1ccc(NC(=O)c2ccnc(N3CCC(F)CC3)c2)cc1Nc1nccc(-c2cccnc2)n1. The number of halogens is 1. The van der Waals surface area contributed by atoms with Gasteiger partial charge in [-0.15, -0.1) is 0 Å². The Bertz CT molecular complexity index is 1360. The van der Waals surface area contributed by atoms with E-state index in [4.69, 9.17) is 0 Å². The number of carbonyl (C=O) groups excluding carboxylic acids is 1. The zero-order valence-corrected chi connectivity index (χ0v) is 19.9. The van der Waals surface area contributed by atoms with Crippen molar-refractivity contribution in [3.63, 3.8) is 0 Å². The van der Waals surface area contributed by atoms with Crippen LogP contribution < -0.4 is 15.5 Å². The summed E-state index contributed by atoms with van der Waals surface area (Å²) in [7, 11) is 0. The van der Waals surface area contributed by atoms with Crippen LogP contribution in [0.4, 0.5) is 27.5 Å². The van der Waals surface area contributed by atoms with Crippen molar-refractivity contribution >= 4 is 29.0 Å². The molecule has 1 fully saturated rings. The minimum Gasteiger partial charge on any atom is -0.356 e. The molecule has 1 aliphatic heterocycles. The van der Waals surface area contributed by atoms with E-state index in [1.54, 1.807) is 36.9 Å². The van der Waals surface area contributed by atoms with Crippen molar-refractivity contribution in [3.05, 3.63) is 84.4 Å². The van der Waals surface area contributed by atoms with Crippen molar-refractivity contribution < 1.29 is 9.18 Å². The van der Waals surface area contributed by atoms with E-state index in [9.17, 15) is 9.18 Å². The van der Waals surface area contributed by atoms with Crippen LogP contribution in [0, 0.1) is 6.92 Å². The number of benzene rings is 1. The molecule has 4 heterocycles. The number of hydrogen-bond acceptors (Lipinski definition) is 7. The summed E-state index contributed by atoms with van der Waals surface area (Å²) in [5.74, 6) is 0.883. The second-order valence-corrected chi connectivity index (χ2v) is 8.68. The summed E-state index contributed by atoms with van der Waals surface area (Å²) >= 11 is 0. The van der Waals surface area contributed by atoms with Crippen molar-refractivity contribution in [2.45, 2.75) is 25.9 Å². The van der Waals surface area contributed by atoms with Crippen LogP contribution in [0.3, 0.4) is 0 Å². The number of amides is 1. The van der Waals surface area contributed by atoms with Crippen molar-refractivity contribution in [2.75, 3.05) is 28.6 Å². The molecule has 2 N–H and O–H groups in total. The fraction of sp³-hybridized carbons (Fsp3) is 0.222. The van der Waals surface area contributed by atoms with Gasteiger partial charge in [-0.25, -0.2) is 19.3 Å². The molecule has 1 saturated heterocycles. The average molecular weight is 484 g/mol. The van der Waals surface area contributed by atoms with Gasteiger partial charge in [-0.3, -0.25) is 9.78 Å². The third-order valence-electron chi connectivity index (χ3n) is 6.11. The van der Waals surface area contributed by atoms with Gasteiger partial charge in [0.2, 0.25) is 5.95 Å². The first-order valence-corrected chi connectivity index (χ1v) is 11.8. The van der Waals surface area contributed by atoms with Crippen LogP contribution in [0.25, 0.3) is 11.3 Å². The topological polar surface area (TPSA) is 95.9 Å². The molecule has 3 aromatic heterocycles. The van der Waals surface area contributed by atoms with Crippen LogP contribution >= 0.6 is 0 Å². The van der Waals surface area contributed by atoms with Gasteiger partial charge in [-0.05, 0) is 67.8 Å². The van der Waals surface area contributed by atoms with E-state index in [0.29, 0.717) is 48.9 Å². The van der Waals surface area contributed by atoms with Crippen LogP contribution in [-0.4, -0.2) is 45.1 Å². The third-order valence-corrected chi connectivity index (χ3v) is 6.11. The molecule has 4 aromatic rings. The van der Waals surface area contributed by atoms with Gasteiger partial charge in [0, 0.05) is 60.4 Å². The fourth-order valence-electron chi connectivity index (χ4n) is 4.06. The quantitative estimate of drug-likeness (QED) is 0.390. The average Bonchev–Trinajstić information content (AvgIpc) is 2.92. The standard InChI is InChI=1S/C27H26FN7O/c1-18-4-5-22(16-24(18)34-27-31-12-7-23(33-27)20-3-2-10-29-17-20)32-26(36)19-6-11-30-25(15-19)35-13-8-21(28)9-14-35/h2-7,10-12,15-17,21H,8-9,13-14H2,1H3,(H,32,36)(H,31,33,34). The molecule has 1 amide bonds. The summed E-state index contributed by atoms with van der Waals surface area (Å²) in [5, 5.41) is 6.20. The molecule has 1 aromatic carbocycles. The molecule has 5 rings (SSSR count). The predicted octanol–water partition coefficient (Wildman–Crippen LogP) is 5.18. The first-order chi connectivity index (χ1) is 17.5. The van der Waals surface area contributed by atoms with Gasteiger partial charge < -0.3 is 15.5 Å². The monoisotopic (exact) mass is 483 g/mol. The summed E-state index contributed by atoms with van der Waals surface area (Å²) in [6.45, 7) is 3.15. The lowest BCUT2D eigenvalue weighted by Gasteiger charge is -2.29. The number of carbonyl (C=O) groups is 1. The zero-order chi connectivity index (χ0) is 24.9. The molecule has 1 aliphatic rings. The molecule has 0 aliphatic carbocycles. The van der Waals surface area contributed by atoms with Gasteiger partial charge in [-0.2, -0.15) is 0 Å². The number of hydrogen-bond donors (Lipinski definition) is 2. The van der Waals surface area contributed by atoms with E-state index in [2.05, 4.69) is 30.6 Å².